The van der Waals surface area contributed by atoms with Gasteiger partial charge in [0.05, 0.1) is 12.8 Å². The van der Waals surface area contributed by atoms with E-state index >= 15 is 0 Å². The van der Waals surface area contributed by atoms with E-state index in [4.69, 9.17) is 10.5 Å². The number of ether oxygens (including phenoxy) is 1. The Morgan fingerprint density at radius 2 is 2.00 bits per heavy atom. The topological polar surface area (TPSA) is 114 Å². The summed E-state index contributed by atoms with van der Waals surface area (Å²) in [5.74, 6) is 0.844. The summed E-state index contributed by atoms with van der Waals surface area (Å²) in [6.07, 6.45) is 0.283. The fourth-order valence-electron chi connectivity index (χ4n) is 2.42. The minimum absolute atomic E-state index is 0.184. The maximum atomic E-state index is 11.9. The number of nitrogens with zero attached hydrogens (tertiary/aromatic N) is 3. The molecule has 1 heterocycles. The van der Waals surface area contributed by atoms with E-state index in [2.05, 4.69) is 15.3 Å². The van der Waals surface area contributed by atoms with Crippen LogP contribution in [0.25, 0.3) is 0 Å². The summed E-state index contributed by atoms with van der Waals surface area (Å²) in [7, 11) is 1.48. The summed E-state index contributed by atoms with van der Waals surface area (Å²) in [5, 5.41) is 12.7. The van der Waals surface area contributed by atoms with Crippen LogP contribution in [-0.4, -0.2) is 28.3 Å². The highest BCUT2D eigenvalue weighted by Crippen LogP contribution is 2.33. The quantitative estimate of drug-likeness (QED) is 0.601. The van der Waals surface area contributed by atoms with E-state index in [1.807, 2.05) is 6.07 Å². The summed E-state index contributed by atoms with van der Waals surface area (Å²) in [6, 6.07) is 15.4. The molecule has 8 heteroatoms. The van der Waals surface area contributed by atoms with Gasteiger partial charge in [0.25, 0.3) is 0 Å². The number of aromatic nitrogens is 2. The second-order valence-corrected chi connectivity index (χ2v) is 5.28. The number of para-hydroxylation sites is 2. The minimum atomic E-state index is -1.19. The molecule has 3 aromatic rings. The van der Waals surface area contributed by atoms with E-state index in [0.717, 1.165) is 4.90 Å². The molecule has 0 spiro atoms. The summed E-state index contributed by atoms with van der Waals surface area (Å²) in [5.41, 5.74) is 7.40. The van der Waals surface area contributed by atoms with Gasteiger partial charge in [0, 0.05) is 23.6 Å². The van der Waals surface area contributed by atoms with Crippen LogP contribution in [0, 0.1) is 0 Å². The molecule has 4 N–H and O–H groups in total. The van der Waals surface area contributed by atoms with Gasteiger partial charge in [-0.2, -0.15) is 4.98 Å². The number of rotatable bonds is 5. The van der Waals surface area contributed by atoms with Gasteiger partial charge < -0.3 is 20.9 Å². The normalized spacial score (nSPS) is 10.2. The molecule has 3 rings (SSSR count). The maximum absolute atomic E-state index is 11.9. The van der Waals surface area contributed by atoms with Crippen molar-refractivity contribution in [1.29, 1.82) is 0 Å². The molecular weight excluding hydrogens is 334 g/mol. The molecule has 0 fully saturated rings. The lowest BCUT2D eigenvalue weighted by Gasteiger charge is -2.20. The number of methoxy groups -OCH3 is 1. The molecule has 0 unspecified atom stereocenters. The number of benzene rings is 2. The predicted molar refractivity (Wildman–Crippen MR) is 99.3 cm³/mol. The van der Waals surface area contributed by atoms with Crippen molar-refractivity contribution < 1.29 is 14.6 Å². The number of amides is 1. The van der Waals surface area contributed by atoms with Crippen LogP contribution >= 0.6 is 0 Å². The number of hydrogen-bond donors (Lipinski definition) is 3. The molecule has 132 valence electrons. The standard InChI is InChI=1S/C18H17N5O3/c1-26-15-8-3-2-7-14(15)23(18(24)25)16-9-10-20-17(22-16)21-13-6-4-5-12(19)11-13/h2-11H,19H2,1H3,(H,24,25)(H,20,21,22). The average molecular weight is 351 g/mol. The number of carboxylic acid groups (broad SMARTS) is 1. The minimum Gasteiger partial charge on any atom is -0.495 e. The van der Waals surface area contributed by atoms with Gasteiger partial charge in [0.1, 0.15) is 11.6 Å². The Morgan fingerprint density at radius 3 is 2.73 bits per heavy atom. The Bertz CT molecular complexity index is 932. The summed E-state index contributed by atoms with van der Waals surface area (Å²) >= 11 is 0. The number of nitrogens with two attached hydrogens (primary N) is 1. The van der Waals surface area contributed by atoms with E-state index in [1.165, 1.54) is 19.4 Å². The predicted octanol–water partition coefficient (Wildman–Crippen LogP) is 3.63. The molecule has 8 nitrogen and oxygen atoms in total. The zero-order valence-electron chi connectivity index (χ0n) is 14.0. The third kappa shape index (κ3) is 3.64. The van der Waals surface area contributed by atoms with Crippen LogP contribution in [0.3, 0.4) is 0 Å². The zero-order valence-corrected chi connectivity index (χ0v) is 14.0. The van der Waals surface area contributed by atoms with Crippen molar-refractivity contribution in [2.75, 3.05) is 23.1 Å². The van der Waals surface area contributed by atoms with Crippen LogP contribution in [0.1, 0.15) is 0 Å². The van der Waals surface area contributed by atoms with Gasteiger partial charge in [-0.05, 0) is 30.3 Å². The Labute approximate surface area is 149 Å². The largest absolute Gasteiger partial charge is 0.495 e. The van der Waals surface area contributed by atoms with Crippen LogP contribution in [-0.2, 0) is 0 Å². The summed E-state index contributed by atoms with van der Waals surface area (Å²) in [6.45, 7) is 0. The van der Waals surface area contributed by atoms with Crippen molar-refractivity contribution in [1.82, 2.24) is 9.97 Å². The molecule has 1 amide bonds. The zero-order chi connectivity index (χ0) is 18.5. The second kappa shape index (κ2) is 7.39. The first-order valence-electron chi connectivity index (χ1n) is 7.70. The Balaban J connectivity index is 1.97. The van der Waals surface area contributed by atoms with Gasteiger partial charge in [0.2, 0.25) is 5.95 Å². The molecule has 26 heavy (non-hydrogen) atoms. The molecular formula is C18H17N5O3. The van der Waals surface area contributed by atoms with Crippen LogP contribution < -0.4 is 20.7 Å². The number of nitrogens with one attached hydrogen (secondary N) is 1. The second-order valence-electron chi connectivity index (χ2n) is 5.28. The van der Waals surface area contributed by atoms with Gasteiger partial charge in [-0.25, -0.2) is 14.7 Å². The lowest BCUT2D eigenvalue weighted by molar-refractivity contribution is 0.204. The molecule has 0 saturated carbocycles. The van der Waals surface area contributed by atoms with Crippen molar-refractivity contribution in [2.45, 2.75) is 0 Å². The smallest absolute Gasteiger partial charge is 0.417 e. The van der Waals surface area contributed by atoms with E-state index in [1.54, 1.807) is 42.5 Å². The molecule has 1 aromatic heterocycles. The monoisotopic (exact) mass is 351 g/mol. The SMILES string of the molecule is COc1ccccc1N(C(=O)O)c1ccnc(Nc2cccc(N)c2)n1. The lowest BCUT2D eigenvalue weighted by Crippen LogP contribution is -2.25. The highest BCUT2D eigenvalue weighted by molar-refractivity contribution is 5.95. The third-order valence-electron chi connectivity index (χ3n) is 3.53. The Hall–Kier alpha value is -3.81. The lowest BCUT2D eigenvalue weighted by atomic mass is 10.2. The van der Waals surface area contributed by atoms with Gasteiger partial charge in [0.15, 0.2) is 0 Å². The van der Waals surface area contributed by atoms with Crippen molar-refractivity contribution >= 4 is 34.9 Å². The Kier molecular flexibility index (Phi) is 4.84. The van der Waals surface area contributed by atoms with Gasteiger partial charge in [-0.15, -0.1) is 0 Å². The van der Waals surface area contributed by atoms with Crippen LogP contribution in [0.4, 0.5) is 33.6 Å². The highest BCUT2D eigenvalue weighted by atomic mass is 16.5. The van der Waals surface area contributed by atoms with E-state index in [9.17, 15) is 9.90 Å². The molecule has 0 atom stereocenters. The van der Waals surface area contributed by atoms with Crippen LogP contribution in [0.5, 0.6) is 5.75 Å². The molecule has 2 aromatic carbocycles. The molecule has 0 bridgehead atoms. The van der Waals surface area contributed by atoms with Crippen molar-refractivity contribution in [2.24, 2.45) is 0 Å². The van der Waals surface area contributed by atoms with E-state index in [-0.39, 0.29) is 11.8 Å². The van der Waals surface area contributed by atoms with Crippen molar-refractivity contribution in [3.8, 4) is 5.75 Å². The molecule has 0 aliphatic rings. The van der Waals surface area contributed by atoms with Crippen molar-refractivity contribution in [3.05, 3.63) is 60.8 Å². The number of anilines is 5. The molecule has 0 aliphatic heterocycles. The highest BCUT2D eigenvalue weighted by Gasteiger charge is 2.22. The average Bonchev–Trinajstić information content (AvgIpc) is 2.62. The number of nitrogen functional groups attached to an aromatic ring is 1. The Morgan fingerprint density at radius 1 is 1.19 bits per heavy atom. The first-order valence-corrected chi connectivity index (χ1v) is 7.70. The van der Waals surface area contributed by atoms with E-state index in [0.29, 0.717) is 22.8 Å². The maximum Gasteiger partial charge on any atom is 0.417 e. The number of carbonyl (C=O) groups is 1. The molecule has 0 saturated heterocycles. The fraction of sp³-hybridized carbons (Fsp3) is 0.0556. The van der Waals surface area contributed by atoms with E-state index < -0.39 is 6.09 Å². The number of hydrogen-bond acceptors (Lipinski definition) is 6. The fourth-order valence-corrected chi connectivity index (χ4v) is 2.42. The summed E-state index contributed by atoms with van der Waals surface area (Å²) < 4.78 is 5.26. The first-order chi connectivity index (χ1) is 12.6. The molecule has 0 aliphatic carbocycles. The van der Waals surface area contributed by atoms with Gasteiger partial charge in [-0.3, -0.25) is 0 Å². The van der Waals surface area contributed by atoms with Crippen LogP contribution in [0.2, 0.25) is 0 Å². The van der Waals surface area contributed by atoms with Gasteiger partial charge in [-0.1, -0.05) is 18.2 Å². The van der Waals surface area contributed by atoms with Gasteiger partial charge >= 0.3 is 6.09 Å². The molecule has 0 radical (unpaired) electrons. The summed E-state index contributed by atoms with van der Waals surface area (Å²) in [4.78, 5) is 21.3. The van der Waals surface area contributed by atoms with Crippen molar-refractivity contribution in [3.63, 3.8) is 0 Å². The first kappa shape index (κ1) is 17.0. The van der Waals surface area contributed by atoms with Crippen LogP contribution in [0.15, 0.2) is 60.8 Å². The third-order valence-corrected chi connectivity index (χ3v) is 3.53.